The van der Waals surface area contributed by atoms with Crippen LogP contribution in [0, 0.1) is 0 Å². The normalized spacial score (nSPS) is 13.2. The number of aryl methyl sites for hydroxylation is 1. The predicted octanol–water partition coefficient (Wildman–Crippen LogP) is 2.80. The molecular formula is C18H32FN5O2. The zero-order chi connectivity index (χ0) is 19.4. The number of rotatable bonds is 13. The van der Waals surface area contributed by atoms with Crippen LogP contribution in [0.3, 0.4) is 0 Å². The van der Waals surface area contributed by atoms with Gasteiger partial charge in [-0.3, -0.25) is 4.79 Å². The Labute approximate surface area is 155 Å². The zero-order valence-electron chi connectivity index (χ0n) is 16.1. The van der Waals surface area contributed by atoms with E-state index in [1.807, 2.05) is 13.8 Å². The summed E-state index contributed by atoms with van der Waals surface area (Å²) in [5.41, 5.74) is 0.580. The largest absolute Gasteiger partial charge is 0.336 e. The number of ketones is 1. The van der Waals surface area contributed by atoms with E-state index < -0.39 is 6.67 Å². The topological polar surface area (TPSA) is 88.9 Å². The molecule has 0 aliphatic rings. The number of nitrogens with one attached hydrogen (secondary N) is 2. The highest BCUT2D eigenvalue weighted by atomic mass is 18.2. The monoisotopic (exact) mass is 368 g/mol. The van der Waals surface area contributed by atoms with Crippen LogP contribution in [-0.2, 0) is 17.8 Å². The SMILES string of the molecule is CCCC(C)NC(=O)NC(C)CCCCC(=O)Cc1cn(CC[18F])nn1. The average molecular weight is 368 g/mol. The third-order valence-corrected chi connectivity index (χ3v) is 4.10. The number of carbonyl (C=O) groups excluding carboxylic acids is 2. The molecule has 0 aromatic carbocycles. The molecule has 7 nitrogen and oxygen atoms in total. The minimum Gasteiger partial charge on any atom is -0.336 e. The van der Waals surface area contributed by atoms with Gasteiger partial charge < -0.3 is 10.6 Å². The summed E-state index contributed by atoms with van der Waals surface area (Å²) in [6.45, 7) is 5.71. The lowest BCUT2D eigenvalue weighted by Gasteiger charge is -2.17. The summed E-state index contributed by atoms with van der Waals surface area (Å²) in [7, 11) is 0. The molecule has 26 heavy (non-hydrogen) atoms. The van der Waals surface area contributed by atoms with Crippen LogP contribution in [0.15, 0.2) is 6.20 Å². The quantitative estimate of drug-likeness (QED) is 0.524. The van der Waals surface area contributed by atoms with Gasteiger partial charge in [0.15, 0.2) is 0 Å². The second-order valence-electron chi connectivity index (χ2n) is 6.83. The lowest BCUT2D eigenvalue weighted by Crippen LogP contribution is -2.44. The Morgan fingerprint density at radius 2 is 1.88 bits per heavy atom. The molecule has 0 fully saturated rings. The van der Waals surface area contributed by atoms with Crippen molar-refractivity contribution in [2.24, 2.45) is 0 Å². The van der Waals surface area contributed by atoms with Crippen molar-refractivity contribution in [3.8, 4) is 0 Å². The molecule has 0 radical (unpaired) electrons. The molecular weight excluding hydrogens is 336 g/mol. The maximum absolute atomic E-state index is 12.2. The van der Waals surface area contributed by atoms with Crippen LogP contribution in [-0.4, -0.2) is 45.6 Å². The first-order chi connectivity index (χ1) is 12.4. The molecule has 0 spiro atoms. The molecule has 2 N–H and O–H groups in total. The Morgan fingerprint density at radius 1 is 1.19 bits per heavy atom. The zero-order valence-corrected chi connectivity index (χ0v) is 16.1. The van der Waals surface area contributed by atoms with Crippen LogP contribution in [0.25, 0.3) is 0 Å². The highest BCUT2D eigenvalue weighted by Crippen LogP contribution is 2.07. The highest BCUT2D eigenvalue weighted by molar-refractivity contribution is 5.80. The summed E-state index contributed by atoms with van der Waals surface area (Å²) in [4.78, 5) is 23.8. The molecule has 2 unspecified atom stereocenters. The van der Waals surface area contributed by atoms with Gasteiger partial charge in [0.05, 0.1) is 18.7 Å². The number of aromatic nitrogens is 3. The Balaban J connectivity index is 2.14. The number of Topliss-reactive ketones (excluding diaryl/α,β-unsaturated/α-hetero) is 1. The molecule has 0 saturated heterocycles. The summed E-state index contributed by atoms with van der Waals surface area (Å²) >= 11 is 0. The summed E-state index contributed by atoms with van der Waals surface area (Å²) < 4.78 is 13.6. The number of halogens is 1. The molecule has 0 aliphatic carbocycles. The Morgan fingerprint density at radius 3 is 2.54 bits per heavy atom. The van der Waals surface area contributed by atoms with Crippen molar-refractivity contribution in [2.75, 3.05) is 6.67 Å². The van der Waals surface area contributed by atoms with Crippen LogP contribution >= 0.6 is 0 Å². The van der Waals surface area contributed by atoms with E-state index >= 15 is 0 Å². The first kappa shape index (κ1) is 22.1. The molecule has 0 saturated carbocycles. The van der Waals surface area contributed by atoms with E-state index in [9.17, 15) is 14.0 Å². The molecule has 1 rings (SSSR count). The molecule has 1 heterocycles. The number of alkyl halides is 1. The maximum Gasteiger partial charge on any atom is 0.315 e. The van der Waals surface area contributed by atoms with Crippen molar-refractivity contribution in [3.63, 3.8) is 0 Å². The first-order valence-corrected chi connectivity index (χ1v) is 9.48. The van der Waals surface area contributed by atoms with Crippen molar-refractivity contribution in [1.82, 2.24) is 25.6 Å². The van der Waals surface area contributed by atoms with E-state index in [0.29, 0.717) is 12.1 Å². The minimum atomic E-state index is -0.501. The fourth-order valence-electron chi connectivity index (χ4n) is 2.75. The van der Waals surface area contributed by atoms with Crippen LogP contribution < -0.4 is 10.6 Å². The number of unbranched alkanes of at least 4 members (excludes halogenated alkanes) is 1. The van der Waals surface area contributed by atoms with Crippen molar-refractivity contribution < 1.29 is 14.0 Å². The van der Waals surface area contributed by atoms with Gasteiger partial charge in [0.1, 0.15) is 12.5 Å². The summed E-state index contributed by atoms with van der Waals surface area (Å²) in [5, 5.41) is 13.5. The highest BCUT2D eigenvalue weighted by Gasteiger charge is 2.11. The van der Waals surface area contributed by atoms with Crippen LogP contribution in [0.4, 0.5) is 9.18 Å². The maximum atomic E-state index is 12.2. The van der Waals surface area contributed by atoms with Gasteiger partial charge in [-0.1, -0.05) is 25.0 Å². The fraction of sp³-hybridized carbons (Fsp3) is 0.778. The standard InChI is InChI=1S/C18H32FN5O2/c1-4-7-14(2)20-18(26)21-15(3)8-5-6-9-17(25)12-16-13-24(11-10-19)23-22-16/h13-15H,4-12H2,1-3H3,(H2,20,21,26)/i19-1. The molecule has 8 heteroatoms. The fourth-order valence-corrected chi connectivity index (χ4v) is 2.75. The third kappa shape index (κ3) is 9.48. The van der Waals surface area contributed by atoms with E-state index in [2.05, 4.69) is 27.9 Å². The number of urea groups is 1. The van der Waals surface area contributed by atoms with Crippen molar-refractivity contribution >= 4 is 11.8 Å². The van der Waals surface area contributed by atoms with Crippen molar-refractivity contribution in [2.45, 2.75) is 84.3 Å². The predicted molar refractivity (Wildman–Crippen MR) is 98.7 cm³/mol. The second kappa shape index (κ2) is 12.4. The lowest BCUT2D eigenvalue weighted by molar-refractivity contribution is -0.118. The second-order valence-corrected chi connectivity index (χ2v) is 6.83. The molecule has 1 aromatic heterocycles. The van der Waals surface area contributed by atoms with Gasteiger partial charge in [-0.15, -0.1) is 5.10 Å². The van der Waals surface area contributed by atoms with E-state index in [-0.39, 0.29) is 36.9 Å². The van der Waals surface area contributed by atoms with Crippen LogP contribution in [0.5, 0.6) is 0 Å². The van der Waals surface area contributed by atoms with E-state index in [1.165, 1.54) is 4.68 Å². The number of nitrogens with zero attached hydrogens (tertiary/aromatic N) is 3. The minimum absolute atomic E-state index is 0.0690. The van der Waals surface area contributed by atoms with E-state index in [0.717, 1.165) is 32.1 Å². The van der Waals surface area contributed by atoms with Gasteiger partial charge >= 0.3 is 6.03 Å². The lowest BCUT2D eigenvalue weighted by atomic mass is 10.1. The van der Waals surface area contributed by atoms with E-state index in [4.69, 9.17) is 0 Å². The summed E-state index contributed by atoms with van der Waals surface area (Å²) in [6.07, 6.45) is 6.80. The van der Waals surface area contributed by atoms with Gasteiger partial charge in [0, 0.05) is 24.7 Å². The Bertz CT molecular complexity index is 549. The third-order valence-electron chi connectivity index (χ3n) is 4.10. The van der Waals surface area contributed by atoms with Gasteiger partial charge in [0.25, 0.3) is 0 Å². The Hall–Kier alpha value is -1.99. The van der Waals surface area contributed by atoms with Gasteiger partial charge in [-0.05, 0) is 33.1 Å². The number of carbonyl (C=O) groups is 2. The molecule has 1 aromatic rings. The van der Waals surface area contributed by atoms with Gasteiger partial charge in [-0.2, -0.15) is 0 Å². The average Bonchev–Trinajstić information content (AvgIpc) is 2.99. The van der Waals surface area contributed by atoms with Crippen LogP contribution in [0.2, 0.25) is 0 Å². The van der Waals surface area contributed by atoms with E-state index in [1.54, 1.807) is 6.20 Å². The number of amides is 2. The van der Waals surface area contributed by atoms with Gasteiger partial charge in [0.2, 0.25) is 0 Å². The first-order valence-electron chi connectivity index (χ1n) is 9.48. The number of hydrogen-bond donors (Lipinski definition) is 2. The molecule has 148 valence electrons. The van der Waals surface area contributed by atoms with Gasteiger partial charge in [-0.25, -0.2) is 13.9 Å². The molecule has 2 amide bonds. The summed E-state index contributed by atoms with van der Waals surface area (Å²) in [5.74, 6) is 0.101. The summed E-state index contributed by atoms with van der Waals surface area (Å²) in [6, 6.07) is 0.109. The molecule has 2 atom stereocenters. The smallest absolute Gasteiger partial charge is 0.315 e. The number of hydrogen-bond acceptors (Lipinski definition) is 4. The molecule has 0 aliphatic heterocycles. The van der Waals surface area contributed by atoms with Crippen LogP contribution in [0.1, 0.15) is 65.0 Å². The Kier molecular flexibility index (Phi) is 10.5. The van der Waals surface area contributed by atoms with Crippen molar-refractivity contribution in [1.29, 1.82) is 0 Å². The molecule has 0 bridgehead atoms. The van der Waals surface area contributed by atoms with Crippen molar-refractivity contribution in [3.05, 3.63) is 11.9 Å².